The zero-order valence-corrected chi connectivity index (χ0v) is 16.0. The van der Waals surface area contributed by atoms with Crippen LogP contribution < -0.4 is 9.47 Å². The Kier molecular flexibility index (Phi) is 5.71. The van der Waals surface area contributed by atoms with E-state index in [0.717, 1.165) is 29.9 Å². The van der Waals surface area contributed by atoms with E-state index in [1.54, 1.807) is 14.0 Å². The maximum Gasteiger partial charge on any atom is 0.306 e. The SMILES string of the molecule is CCO[C@@](C)(CC(=O)O)c1ccc(OC2CCc3c(OC)cccc32)cc1. The summed E-state index contributed by atoms with van der Waals surface area (Å²) in [5.74, 6) is 0.784. The second-order valence-electron chi connectivity index (χ2n) is 6.93. The summed E-state index contributed by atoms with van der Waals surface area (Å²) in [4.78, 5) is 11.2. The van der Waals surface area contributed by atoms with E-state index in [4.69, 9.17) is 14.2 Å². The molecule has 3 rings (SSSR count). The number of carbonyl (C=O) groups is 1. The van der Waals surface area contributed by atoms with E-state index in [-0.39, 0.29) is 12.5 Å². The summed E-state index contributed by atoms with van der Waals surface area (Å²) in [7, 11) is 1.69. The Labute approximate surface area is 159 Å². The first-order valence-corrected chi connectivity index (χ1v) is 9.25. The minimum Gasteiger partial charge on any atom is -0.496 e. The number of rotatable bonds is 8. The van der Waals surface area contributed by atoms with E-state index in [0.29, 0.717) is 6.61 Å². The highest BCUT2D eigenvalue weighted by Crippen LogP contribution is 2.40. The van der Waals surface area contributed by atoms with Gasteiger partial charge in [0.1, 0.15) is 23.2 Å². The van der Waals surface area contributed by atoms with Gasteiger partial charge in [0, 0.05) is 12.2 Å². The van der Waals surface area contributed by atoms with Gasteiger partial charge in [-0.15, -0.1) is 0 Å². The summed E-state index contributed by atoms with van der Waals surface area (Å²) in [6, 6.07) is 13.6. The summed E-state index contributed by atoms with van der Waals surface area (Å²) >= 11 is 0. The van der Waals surface area contributed by atoms with E-state index in [1.165, 1.54) is 11.1 Å². The van der Waals surface area contributed by atoms with Crippen LogP contribution in [-0.2, 0) is 21.6 Å². The fourth-order valence-corrected chi connectivity index (χ4v) is 3.79. The summed E-state index contributed by atoms with van der Waals surface area (Å²) in [5.41, 5.74) is 2.36. The Bertz CT molecular complexity index is 799. The lowest BCUT2D eigenvalue weighted by Crippen LogP contribution is -2.29. The average Bonchev–Trinajstić information content (AvgIpc) is 3.05. The van der Waals surface area contributed by atoms with Crippen molar-refractivity contribution < 1.29 is 24.1 Å². The second kappa shape index (κ2) is 8.01. The number of carboxylic acid groups (broad SMARTS) is 1. The number of ether oxygens (including phenoxy) is 3. The lowest BCUT2D eigenvalue weighted by Gasteiger charge is -2.28. The largest absolute Gasteiger partial charge is 0.496 e. The first-order valence-electron chi connectivity index (χ1n) is 9.25. The van der Waals surface area contributed by atoms with Crippen LogP contribution in [0.1, 0.15) is 49.5 Å². The van der Waals surface area contributed by atoms with E-state index >= 15 is 0 Å². The minimum absolute atomic E-state index is 0.00162. The standard InChI is InChI=1S/C22H26O5/c1-4-26-22(2,14-21(23)24)15-8-10-16(11-9-15)27-20-13-12-18-17(20)6-5-7-19(18)25-3/h5-11,20H,4,12-14H2,1-3H3,(H,23,24)/t20?,22-/m0/s1. The van der Waals surface area contributed by atoms with Gasteiger partial charge >= 0.3 is 5.97 Å². The molecule has 1 unspecified atom stereocenters. The Morgan fingerprint density at radius 3 is 2.59 bits per heavy atom. The van der Waals surface area contributed by atoms with Crippen molar-refractivity contribution in [3.8, 4) is 11.5 Å². The third-order valence-corrected chi connectivity index (χ3v) is 5.09. The molecule has 0 saturated carbocycles. The predicted molar refractivity (Wildman–Crippen MR) is 102 cm³/mol. The molecule has 0 fully saturated rings. The molecule has 0 spiro atoms. The smallest absolute Gasteiger partial charge is 0.306 e. The van der Waals surface area contributed by atoms with Crippen molar-refractivity contribution in [2.45, 2.75) is 44.8 Å². The highest BCUT2D eigenvalue weighted by molar-refractivity contribution is 5.68. The van der Waals surface area contributed by atoms with E-state index in [9.17, 15) is 9.90 Å². The molecule has 2 aromatic rings. The van der Waals surface area contributed by atoms with E-state index in [2.05, 4.69) is 6.07 Å². The Morgan fingerprint density at radius 2 is 1.96 bits per heavy atom. The zero-order chi connectivity index (χ0) is 19.4. The van der Waals surface area contributed by atoms with E-state index < -0.39 is 11.6 Å². The molecule has 0 aliphatic heterocycles. The first-order chi connectivity index (χ1) is 13.0. The first kappa shape index (κ1) is 19.2. The highest BCUT2D eigenvalue weighted by Gasteiger charge is 2.31. The maximum absolute atomic E-state index is 11.2. The number of carboxylic acids is 1. The van der Waals surface area contributed by atoms with Crippen LogP contribution in [0.5, 0.6) is 11.5 Å². The van der Waals surface area contributed by atoms with E-state index in [1.807, 2.05) is 43.3 Å². The van der Waals surface area contributed by atoms with Crippen LogP contribution >= 0.6 is 0 Å². The van der Waals surface area contributed by atoms with Gasteiger partial charge in [-0.1, -0.05) is 24.3 Å². The molecule has 1 N–H and O–H groups in total. The number of methoxy groups -OCH3 is 1. The van der Waals surface area contributed by atoms with Gasteiger partial charge in [0.05, 0.1) is 13.5 Å². The van der Waals surface area contributed by atoms with Gasteiger partial charge in [-0.2, -0.15) is 0 Å². The number of hydrogen-bond donors (Lipinski definition) is 1. The molecule has 0 aromatic heterocycles. The molecule has 1 aliphatic rings. The molecule has 27 heavy (non-hydrogen) atoms. The summed E-state index contributed by atoms with van der Waals surface area (Å²) in [6.07, 6.45) is 1.76. The molecule has 1 aliphatic carbocycles. The minimum atomic E-state index is -0.886. The fraction of sp³-hybridized carbons (Fsp3) is 0.409. The molecule has 0 heterocycles. The Hall–Kier alpha value is -2.53. The van der Waals surface area contributed by atoms with Crippen molar-refractivity contribution in [1.82, 2.24) is 0 Å². The fourth-order valence-electron chi connectivity index (χ4n) is 3.79. The average molecular weight is 370 g/mol. The topological polar surface area (TPSA) is 65.0 Å². The Morgan fingerprint density at radius 1 is 1.22 bits per heavy atom. The van der Waals surface area contributed by atoms with Crippen LogP contribution in [0.15, 0.2) is 42.5 Å². The molecule has 0 radical (unpaired) electrons. The molecule has 5 nitrogen and oxygen atoms in total. The molecule has 2 atom stereocenters. The van der Waals surface area contributed by atoms with Crippen LogP contribution in [0.25, 0.3) is 0 Å². The second-order valence-corrected chi connectivity index (χ2v) is 6.93. The molecule has 144 valence electrons. The number of aliphatic carboxylic acids is 1. The van der Waals surface area contributed by atoms with Crippen LogP contribution in [0, 0.1) is 0 Å². The third kappa shape index (κ3) is 4.08. The number of benzene rings is 2. The normalized spacial score (nSPS) is 17.8. The van der Waals surface area contributed by atoms with Gasteiger partial charge in [-0.05, 0) is 56.0 Å². The summed E-state index contributed by atoms with van der Waals surface area (Å²) in [5, 5.41) is 9.20. The highest BCUT2D eigenvalue weighted by atomic mass is 16.5. The molecular weight excluding hydrogens is 344 g/mol. The molecule has 0 bridgehead atoms. The molecular formula is C22H26O5. The molecule has 0 saturated heterocycles. The zero-order valence-electron chi connectivity index (χ0n) is 16.0. The van der Waals surface area contributed by atoms with Crippen LogP contribution in [0.3, 0.4) is 0 Å². The van der Waals surface area contributed by atoms with Gasteiger partial charge in [-0.3, -0.25) is 4.79 Å². The van der Waals surface area contributed by atoms with Crippen molar-refractivity contribution in [1.29, 1.82) is 0 Å². The van der Waals surface area contributed by atoms with Crippen molar-refractivity contribution in [3.63, 3.8) is 0 Å². The van der Waals surface area contributed by atoms with Gasteiger partial charge in [0.2, 0.25) is 0 Å². The summed E-state index contributed by atoms with van der Waals surface area (Å²) in [6.45, 7) is 4.12. The molecule has 5 heteroatoms. The van der Waals surface area contributed by atoms with Crippen LogP contribution in [0.2, 0.25) is 0 Å². The number of fused-ring (bicyclic) bond motifs is 1. The van der Waals surface area contributed by atoms with Crippen molar-refractivity contribution in [2.24, 2.45) is 0 Å². The van der Waals surface area contributed by atoms with Gasteiger partial charge in [0.15, 0.2) is 0 Å². The maximum atomic E-state index is 11.2. The van der Waals surface area contributed by atoms with Crippen molar-refractivity contribution in [2.75, 3.05) is 13.7 Å². The van der Waals surface area contributed by atoms with Crippen molar-refractivity contribution in [3.05, 3.63) is 59.2 Å². The monoisotopic (exact) mass is 370 g/mol. The lowest BCUT2D eigenvalue weighted by molar-refractivity contribution is -0.145. The van der Waals surface area contributed by atoms with Crippen LogP contribution in [0.4, 0.5) is 0 Å². The Balaban J connectivity index is 1.77. The molecule has 0 amide bonds. The van der Waals surface area contributed by atoms with Crippen LogP contribution in [-0.4, -0.2) is 24.8 Å². The lowest BCUT2D eigenvalue weighted by atomic mass is 9.92. The van der Waals surface area contributed by atoms with Gasteiger partial charge in [-0.25, -0.2) is 0 Å². The van der Waals surface area contributed by atoms with Gasteiger partial charge in [0.25, 0.3) is 0 Å². The number of hydrogen-bond acceptors (Lipinski definition) is 4. The van der Waals surface area contributed by atoms with Gasteiger partial charge < -0.3 is 19.3 Å². The third-order valence-electron chi connectivity index (χ3n) is 5.09. The predicted octanol–water partition coefficient (Wildman–Crippen LogP) is 4.49. The molecule has 2 aromatic carbocycles. The quantitative estimate of drug-likeness (QED) is 0.742. The summed E-state index contributed by atoms with van der Waals surface area (Å²) < 4.78 is 17.4. The van der Waals surface area contributed by atoms with Crippen molar-refractivity contribution >= 4 is 5.97 Å².